The molecule has 5 heteroatoms. The van der Waals surface area contributed by atoms with Gasteiger partial charge in [0.2, 0.25) is 0 Å². The van der Waals surface area contributed by atoms with Gasteiger partial charge in [-0.2, -0.15) is 0 Å². The molecule has 0 saturated heterocycles. The summed E-state index contributed by atoms with van der Waals surface area (Å²) in [6.45, 7) is 0. The molecule has 0 saturated carbocycles. The van der Waals surface area contributed by atoms with Crippen molar-refractivity contribution in [2.24, 2.45) is 0 Å². The average molecular weight is 307 g/mol. The van der Waals surface area contributed by atoms with Crippen molar-refractivity contribution in [3.8, 4) is 5.75 Å². The first-order chi connectivity index (χ1) is 8.63. The van der Waals surface area contributed by atoms with Crippen LogP contribution < -0.4 is 10.5 Å². The summed E-state index contributed by atoms with van der Waals surface area (Å²) in [4.78, 5) is 16.1. The highest BCUT2D eigenvalue weighted by atomic mass is 79.9. The van der Waals surface area contributed by atoms with Gasteiger partial charge in [0, 0.05) is 23.6 Å². The Bertz CT molecular complexity index is 599. The minimum absolute atomic E-state index is 0.163. The highest BCUT2D eigenvalue weighted by Gasteiger charge is 2.13. The number of benzene rings is 1. The second kappa shape index (κ2) is 5.18. The molecule has 1 heterocycles. The Morgan fingerprint density at radius 3 is 2.78 bits per heavy atom. The lowest BCUT2D eigenvalue weighted by molar-refractivity contribution is 0.103. The van der Waals surface area contributed by atoms with Crippen molar-refractivity contribution in [1.82, 2.24) is 4.98 Å². The third-order valence-corrected chi connectivity index (χ3v) is 3.13. The van der Waals surface area contributed by atoms with Gasteiger partial charge >= 0.3 is 0 Å². The van der Waals surface area contributed by atoms with E-state index in [1.807, 2.05) is 0 Å². The maximum absolute atomic E-state index is 12.2. The fourth-order valence-corrected chi connectivity index (χ4v) is 2.10. The Hall–Kier alpha value is -1.88. The Balaban J connectivity index is 2.41. The fraction of sp³-hybridized carbons (Fsp3) is 0.0769. The molecule has 0 spiro atoms. The molecule has 2 aromatic rings. The molecule has 18 heavy (non-hydrogen) atoms. The molecule has 0 aliphatic carbocycles. The summed E-state index contributed by atoms with van der Waals surface area (Å²) in [6, 6.07) is 6.72. The van der Waals surface area contributed by atoms with Crippen LogP contribution in [0.15, 0.2) is 41.1 Å². The van der Waals surface area contributed by atoms with Gasteiger partial charge in [-0.15, -0.1) is 0 Å². The van der Waals surface area contributed by atoms with Crippen molar-refractivity contribution in [1.29, 1.82) is 0 Å². The number of nitrogens with zero attached hydrogens (tertiary/aromatic N) is 1. The van der Waals surface area contributed by atoms with Gasteiger partial charge in [-0.25, -0.2) is 0 Å². The zero-order chi connectivity index (χ0) is 13.1. The molecule has 0 radical (unpaired) electrons. The molecular formula is C13H11BrN2O2. The quantitative estimate of drug-likeness (QED) is 0.885. The summed E-state index contributed by atoms with van der Waals surface area (Å²) in [5.41, 5.74) is 7.10. The standard InChI is InChI=1S/C13H11BrN2O2/c1-18-12-3-2-8(6-10(12)14)13(17)9-7-16-5-4-11(9)15/h2-7H,1H3,(H2,15,16). The minimum Gasteiger partial charge on any atom is -0.496 e. The largest absolute Gasteiger partial charge is 0.496 e. The predicted molar refractivity (Wildman–Crippen MR) is 72.8 cm³/mol. The van der Waals surface area contributed by atoms with E-state index in [2.05, 4.69) is 20.9 Å². The van der Waals surface area contributed by atoms with Gasteiger partial charge in [-0.05, 0) is 40.2 Å². The fourth-order valence-electron chi connectivity index (χ4n) is 1.56. The molecule has 92 valence electrons. The lowest BCUT2D eigenvalue weighted by atomic mass is 10.0. The van der Waals surface area contributed by atoms with Crippen LogP contribution in [-0.2, 0) is 0 Å². The molecule has 0 fully saturated rings. The minimum atomic E-state index is -0.163. The van der Waals surface area contributed by atoms with Gasteiger partial charge in [-0.1, -0.05) is 0 Å². The van der Waals surface area contributed by atoms with E-state index in [0.29, 0.717) is 22.6 Å². The number of pyridine rings is 1. The zero-order valence-corrected chi connectivity index (χ0v) is 11.3. The van der Waals surface area contributed by atoms with Crippen molar-refractivity contribution < 1.29 is 9.53 Å². The topological polar surface area (TPSA) is 65.2 Å². The summed E-state index contributed by atoms with van der Waals surface area (Å²) >= 11 is 3.34. The second-order valence-electron chi connectivity index (χ2n) is 3.64. The third-order valence-electron chi connectivity index (χ3n) is 2.51. The molecule has 0 amide bonds. The molecule has 0 unspecified atom stereocenters. The molecule has 4 nitrogen and oxygen atoms in total. The van der Waals surface area contributed by atoms with Crippen LogP contribution in [0.5, 0.6) is 5.75 Å². The number of nitrogens with two attached hydrogens (primary N) is 1. The number of rotatable bonds is 3. The molecule has 1 aromatic carbocycles. The molecule has 0 aliphatic heterocycles. The molecule has 0 bridgehead atoms. The summed E-state index contributed by atoms with van der Waals surface area (Å²) < 4.78 is 5.83. The van der Waals surface area contributed by atoms with E-state index < -0.39 is 0 Å². The molecular weight excluding hydrogens is 296 g/mol. The number of hydrogen-bond acceptors (Lipinski definition) is 4. The first kappa shape index (κ1) is 12.6. The number of halogens is 1. The smallest absolute Gasteiger partial charge is 0.196 e. The van der Waals surface area contributed by atoms with Crippen molar-refractivity contribution in [3.63, 3.8) is 0 Å². The number of methoxy groups -OCH3 is 1. The Labute approximate surface area is 113 Å². The number of hydrogen-bond donors (Lipinski definition) is 1. The summed E-state index contributed by atoms with van der Waals surface area (Å²) in [5.74, 6) is 0.509. The van der Waals surface area contributed by atoms with Crippen LogP contribution in [0.2, 0.25) is 0 Å². The van der Waals surface area contributed by atoms with Gasteiger partial charge in [0.1, 0.15) is 5.75 Å². The van der Waals surface area contributed by atoms with Gasteiger partial charge in [0.15, 0.2) is 5.78 Å². The van der Waals surface area contributed by atoms with Crippen LogP contribution in [0.25, 0.3) is 0 Å². The van der Waals surface area contributed by atoms with E-state index in [1.54, 1.807) is 37.6 Å². The number of aromatic nitrogens is 1. The summed E-state index contributed by atoms with van der Waals surface area (Å²) in [6.07, 6.45) is 3.02. The number of carbonyl (C=O) groups is 1. The number of ether oxygens (including phenoxy) is 1. The maximum atomic E-state index is 12.2. The summed E-state index contributed by atoms with van der Waals surface area (Å²) in [5, 5.41) is 0. The van der Waals surface area contributed by atoms with E-state index in [4.69, 9.17) is 10.5 Å². The first-order valence-electron chi connectivity index (χ1n) is 5.21. The lowest BCUT2D eigenvalue weighted by Gasteiger charge is -2.07. The van der Waals surface area contributed by atoms with E-state index in [1.165, 1.54) is 6.20 Å². The van der Waals surface area contributed by atoms with Gasteiger partial charge in [0.25, 0.3) is 0 Å². The van der Waals surface area contributed by atoms with Crippen molar-refractivity contribution in [3.05, 3.63) is 52.3 Å². The van der Waals surface area contributed by atoms with Crippen LogP contribution in [0.4, 0.5) is 5.69 Å². The number of carbonyl (C=O) groups excluding carboxylic acids is 1. The van der Waals surface area contributed by atoms with Crippen LogP contribution in [0.1, 0.15) is 15.9 Å². The molecule has 0 atom stereocenters. The van der Waals surface area contributed by atoms with E-state index in [9.17, 15) is 4.79 Å². The average Bonchev–Trinajstić information content (AvgIpc) is 2.38. The zero-order valence-electron chi connectivity index (χ0n) is 9.68. The number of nitrogen functional groups attached to an aromatic ring is 1. The van der Waals surface area contributed by atoms with E-state index in [-0.39, 0.29) is 5.78 Å². The van der Waals surface area contributed by atoms with Crippen LogP contribution in [0.3, 0.4) is 0 Å². The van der Waals surface area contributed by atoms with E-state index >= 15 is 0 Å². The molecule has 0 aliphatic rings. The predicted octanol–water partition coefficient (Wildman–Crippen LogP) is 2.67. The maximum Gasteiger partial charge on any atom is 0.196 e. The van der Waals surface area contributed by atoms with Crippen molar-refractivity contribution >= 4 is 27.4 Å². The highest BCUT2D eigenvalue weighted by Crippen LogP contribution is 2.27. The third kappa shape index (κ3) is 2.36. The van der Waals surface area contributed by atoms with Crippen LogP contribution in [-0.4, -0.2) is 17.9 Å². The Morgan fingerprint density at radius 1 is 1.39 bits per heavy atom. The molecule has 2 rings (SSSR count). The number of ketones is 1. The van der Waals surface area contributed by atoms with E-state index in [0.717, 1.165) is 4.47 Å². The van der Waals surface area contributed by atoms with Gasteiger partial charge in [-0.3, -0.25) is 9.78 Å². The normalized spacial score (nSPS) is 10.1. The highest BCUT2D eigenvalue weighted by molar-refractivity contribution is 9.10. The van der Waals surface area contributed by atoms with Crippen molar-refractivity contribution in [2.45, 2.75) is 0 Å². The molecule has 1 aromatic heterocycles. The molecule has 2 N–H and O–H groups in total. The lowest BCUT2D eigenvalue weighted by Crippen LogP contribution is -2.06. The van der Waals surface area contributed by atoms with Crippen LogP contribution >= 0.6 is 15.9 Å². The summed E-state index contributed by atoms with van der Waals surface area (Å²) in [7, 11) is 1.57. The monoisotopic (exact) mass is 306 g/mol. The van der Waals surface area contributed by atoms with Crippen molar-refractivity contribution in [2.75, 3.05) is 12.8 Å². The number of anilines is 1. The Kier molecular flexibility index (Phi) is 3.62. The van der Waals surface area contributed by atoms with Gasteiger partial charge in [0.05, 0.1) is 17.1 Å². The Morgan fingerprint density at radius 2 is 2.17 bits per heavy atom. The first-order valence-corrected chi connectivity index (χ1v) is 6.00. The van der Waals surface area contributed by atoms with Gasteiger partial charge < -0.3 is 10.5 Å². The second-order valence-corrected chi connectivity index (χ2v) is 4.50. The SMILES string of the molecule is COc1ccc(C(=O)c2cnccc2N)cc1Br. The van der Waals surface area contributed by atoms with Crippen LogP contribution in [0, 0.1) is 0 Å².